The van der Waals surface area contributed by atoms with Gasteiger partial charge in [-0.25, -0.2) is 4.79 Å². The van der Waals surface area contributed by atoms with Crippen LogP contribution in [0.4, 0.5) is 0 Å². The lowest BCUT2D eigenvalue weighted by Crippen LogP contribution is -2.32. The van der Waals surface area contributed by atoms with E-state index in [1.165, 1.54) is 6.07 Å². The average Bonchev–Trinajstić information content (AvgIpc) is 2.69. The van der Waals surface area contributed by atoms with Crippen LogP contribution in [0.5, 0.6) is 11.5 Å². The Morgan fingerprint density at radius 1 is 0.926 bits per heavy atom. The van der Waals surface area contributed by atoms with E-state index >= 15 is 0 Å². The van der Waals surface area contributed by atoms with Gasteiger partial charge in [0, 0.05) is 0 Å². The van der Waals surface area contributed by atoms with Gasteiger partial charge in [0.1, 0.15) is 23.7 Å². The molecular formula is C21H19NO5. The highest BCUT2D eigenvalue weighted by molar-refractivity contribution is 5.99. The third-order valence-corrected chi connectivity index (χ3v) is 3.85. The average molecular weight is 365 g/mol. The van der Waals surface area contributed by atoms with Crippen LogP contribution < -0.4 is 10.1 Å². The molecule has 0 saturated heterocycles. The van der Waals surface area contributed by atoms with Gasteiger partial charge < -0.3 is 19.9 Å². The molecule has 3 aromatic carbocycles. The Kier molecular flexibility index (Phi) is 5.89. The lowest BCUT2D eigenvalue weighted by Gasteiger charge is -2.09. The van der Waals surface area contributed by atoms with E-state index in [4.69, 9.17) is 9.47 Å². The number of esters is 1. The molecule has 0 bridgehead atoms. The number of benzene rings is 3. The van der Waals surface area contributed by atoms with Crippen LogP contribution in [0.2, 0.25) is 0 Å². The Morgan fingerprint density at radius 2 is 1.59 bits per heavy atom. The molecule has 3 rings (SSSR count). The highest BCUT2D eigenvalue weighted by Gasteiger charge is 2.15. The first-order chi connectivity index (χ1) is 13.1. The maximum absolute atomic E-state index is 12.1. The molecule has 0 radical (unpaired) electrons. The first-order valence-electron chi connectivity index (χ1n) is 8.47. The fourth-order valence-electron chi connectivity index (χ4n) is 2.53. The summed E-state index contributed by atoms with van der Waals surface area (Å²) in [4.78, 5) is 23.9. The largest absolute Gasteiger partial charge is 0.507 e. The van der Waals surface area contributed by atoms with E-state index in [0.717, 1.165) is 10.8 Å². The molecule has 0 aliphatic rings. The van der Waals surface area contributed by atoms with Crippen molar-refractivity contribution < 1.29 is 24.2 Å². The van der Waals surface area contributed by atoms with Crippen molar-refractivity contribution in [1.82, 2.24) is 5.32 Å². The zero-order chi connectivity index (χ0) is 19.1. The number of carbonyl (C=O) groups is 2. The number of phenolic OH excluding ortho intramolecular Hbond substituents is 1. The molecule has 0 atom stereocenters. The van der Waals surface area contributed by atoms with Gasteiger partial charge in [-0.05, 0) is 35.0 Å². The number of fused-ring (bicyclic) bond motifs is 1. The van der Waals surface area contributed by atoms with Crippen molar-refractivity contribution in [2.75, 3.05) is 19.8 Å². The van der Waals surface area contributed by atoms with Gasteiger partial charge in [-0.1, -0.05) is 42.5 Å². The third-order valence-electron chi connectivity index (χ3n) is 3.85. The quantitative estimate of drug-likeness (QED) is 0.497. The van der Waals surface area contributed by atoms with Crippen molar-refractivity contribution in [2.45, 2.75) is 0 Å². The molecule has 1 amide bonds. The van der Waals surface area contributed by atoms with Crippen LogP contribution in [0.3, 0.4) is 0 Å². The van der Waals surface area contributed by atoms with Crippen LogP contribution in [0.1, 0.15) is 10.4 Å². The summed E-state index contributed by atoms with van der Waals surface area (Å²) in [5.41, 5.74) is 0.0221. The van der Waals surface area contributed by atoms with E-state index in [1.807, 2.05) is 54.6 Å². The Labute approximate surface area is 156 Å². The summed E-state index contributed by atoms with van der Waals surface area (Å²) in [5.74, 6) is -0.672. The number of hydrogen-bond donors (Lipinski definition) is 2. The normalized spacial score (nSPS) is 10.4. The van der Waals surface area contributed by atoms with Gasteiger partial charge in [0.15, 0.2) is 6.61 Å². The van der Waals surface area contributed by atoms with Crippen LogP contribution in [0.15, 0.2) is 66.7 Å². The summed E-state index contributed by atoms with van der Waals surface area (Å²) in [6.07, 6.45) is 0. The minimum absolute atomic E-state index is 0.0221. The number of amides is 1. The number of carbonyl (C=O) groups excluding carboxylic acids is 2. The number of rotatable bonds is 7. The maximum atomic E-state index is 12.1. The second kappa shape index (κ2) is 8.71. The van der Waals surface area contributed by atoms with Crippen LogP contribution in [-0.2, 0) is 9.53 Å². The van der Waals surface area contributed by atoms with Crippen LogP contribution in [0.25, 0.3) is 10.8 Å². The van der Waals surface area contributed by atoms with E-state index in [0.29, 0.717) is 12.4 Å². The van der Waals surface area contributed by atoms with Gasteiger partial charge in [-0.15, -0.1) is 0 Å². The summed E-state index contributed by atoms with van der Waals surface area (Å²) in [6.45, 7) is 0.151. The Bertz CT molecular complexity index is 940. The van der Waals surface area contributed by atoms with Gasteiger partial charge in [0.05, 0.1) is 6.54 Å². The smallest absolute Gasteiger partial charge is 0.342 e. The van der Waals surface area contributed by atoms with Gasteiger partial charge >= 0.3 is 5.97 Å². The van der Waals surface area contributed by atoms with Crippen molar-refractivity contribution in [1.29, 1.82) is 0 Å². The molecule has 0 unspecified atom stereocenters. The summed E-state index contributed by atoms with van der Waals surface area (Å²) < 4.78 is 10.4. The topological polar surface area (TPSA) is 84.9 Å². The Balaban J connectivity index is 1.46. The molecule has 0 aliphatic carbocycles. The van der Waals surface area contributed by atoms with Crippen molar-refractivity contribution in [3.63, 3.8) is 0 Å². The summed E-state index contributed by atoms with van der Waals surface area (Å²) in [6, 6.07) is 19.6. The fourth-order valence-corrected chi connectivity index (χ4v) is 2.53. The highest BCUT2D eigenvalue weighted by Crippen LogP contribution is 2.25. The molecular weight excluding hydrogens is 346 g/mol. The van der Waals surface area contributed by atoms with Crippen molar-refractivity contribution in [3.05, 3.63) is 72.3 Å². The minimum atomic E-state index is -0.756. The molecule has 0 saturated carbocycles. The van der Waals surface area contributed by atoms with Crippen molar-refractivity contribution in [3.8, 4) is 11.5 Å². The number of aromatic hydroxyl groups is 1. The molecule has 2 N–H and O–H groups in total. The van der Waals surface area contributed by atoms with E-state index in [1.54, 1.807) is 6.07 Å². The molecule has 0 aliphatic heterocycles. The summed E-state index contributed by atoms with van der Waals surface area (Å²) >= 11 is 0. The number of hydrogen-bond acceptors (Lipinski definition) is 5. The third kappa shape index (κ3) is 4.98. The highest BCUT2D eigenvalue weighted by atomic mass is 16.5. The Hall–Kier alpha value is -3.54. The fraction of sp³-hybridized carbons (Fsp3) is 0.143. The molecule has 0 aromatic heterocycles. The number of nitrogens with one attached hydrogen (secondary N) is 1. The second-order valence-corrected chi connectivity index (χ2v) is 5.80. The van der Waals surface area contributed by atoms with Crippen molar-refractivity contribution >= 4 is 22.6 Å². The minimum Gasteiger partial charge on any atom is -0.507 e. The zero-order valence-electron chi connectivity index (χ0n) is 14.6. The van der Waals surface area contributed by atoms with E-state index in [-0.39, 0.29) is 17.9 Å². The molecule has 3 aromatic rings. The Morgan fingerprint density at radius 3 is 2.33 bits per heavy atom. The summed E-state index contributed by atoms with van der Waals surface area (Å²) in [7, 11) is 0. The van der Waals surface area contributed by atoms with Crippen molar-refractivity contribution in [2.24, 2.45) is 0 Å². The predicted octanol–water partition coefficient (Wildman–Crippen LogP) is 2.90. The van der Waals surface area contributed by atoms with Gasteiger partial charge in [-0.2, -0.15) is 0 Å². The molecule has 27 heavy (non-hydrogen) atoms. The number of para-hydroxylation sites is 1. The lowest BCUT2D eigenvalue weighted by molar-refractivity contribution is -0.124. The zero-order valence-corrected chi connectivity index (χ0v) is 14.6. The van der Waals surface area contributed by atoms with Gasteiger partial charge in [0.2, 0.25) is 0 Å². The molecule has 6 nitrogen and oxygen atoms in total. The monoisotopic (exact) mass is 365 g/mol. The predicted molar refractivity (Wildman–Crippen MR) is 101 cm³/mol. The SMILES string of the molecule is O=C(COC(=O)c1cc2ccccc2cc1O)NCCOc1ccccc1. The van der Waals surface area contributed by atoms with Crippen LogP contribution in [-0.4, -0.2) is 36.7 Å². The van der Waals surface area contributed by atoms with E-state index < -0.39 is 18.5 Å². The lowest BCUT2D eigenvalue weighted by atomic mass is 10.1. The molecule has 138 valence electrons. The molecule has 6 heteroatoms. The first kappa shape index (κ1) is 18.3. The molecule has 0 heterocycles. The second-order valence-electron chi connectivity index (χ2n) is 5.80. The van der Waals surface area contributed by atoms with Crippen LogP contribution >= 0.6 is 0 Å². The molecule has 0 fully saturated rings. The number of ether oxygens (including phenoxy) is 2. The van der Waals surface area contributed by atoms with Gasteiger partial charge in [0.25, 0.3) is 5.91 Å². The van der Waals surface area contributed by atoms with Gasteiger partial charge in [-0.3, -0.25) is 4.79 Å². The summed E-state index contributed by atoms with van der Waals surface area (Å²) in [5, 5.41) is 14.2. The van der Waals surface area contributed by atoms with Crippen LogP contribution in [0, 0.1) is 0 Å². The maximum Gasteiger partial charge on any atom is 0.342 e. The molecule has 0 spiro atoms. The standard InChI is InChI=1S/C21H19NO5/c23-19-13-16-7-5-4-6-15(16)12-18(19)21(25)27-14-20(24)22-10-11-26-17-8-2-1-3-9-17/h1-9,12-13,23H,10-11,14H2,(H,22,24). The van der Waals surface area contributed by atoms with E-state index in [2.05, 4.69) is 5.32 Å². The van der Waals surface area contributed by atoms with E-state index in [9.17, 15) is 14.7 Å². The first-order valence-corrected chi connectivity index (χ1v) is 8.47. The number of phenols is 1.